The second-order valence-electron chi connectivity index (χ2n) is 6.55. The van der Waals surface area contributed by atoms with Gasteiger partial charge in [-0.2, -0.15) is 0 Å². The molecule has 144 valence electrons. The summed E-state index contributed by atoms with van der Waals surface area (Å²) in [6, 6.07) is 13.6. The number of hydrogen-bond donors (Lipinski definition) is 0. The number of rotatable bonds is 6. The van der Waals surface area contributed by atoms with Crippen molar-refractivity contribution in [3.05, 3.63) is 59.2 Å². The molecule has 1 aliphatic rings. The standard InChI is InChI=1S/C22H27NO4/c1-4-25-19-11-10-18(14-20(19)26-5-2)22(24)23-12-13-27-21(15-23)17-8-6-16(3)7-9-17/h6-11,14,21H,4-5,12-13,15H2,1-3H3. The molecule has 1 atom stereocenters. The summed E-state index contributed by atoms with van der Waals surface area (Å²) in [7, 11) is 0. The molecule has 0 saturated carbocycles. The monoisotopic (exact) mass is 369 g/mol. The van der Waals surface area contributed by atoms with Gasteiger partial charge in [0.15, 0.2) is 11.5 Å². The van der Waals surface area contributed by atoms with Gasteiger partial charge in [-0.3, -0.25) is 4.79 Å². The van der Waals surface area contributed by atoms with E-state index in [1.54, 1.807) is 18.2 Å². The lowest BCUT2D eigenvalue weighted by Gasteiger charge is -2.33. The highest BCUT2D eigenvalue weighted by Gasteiger charge is 2.26. The number of hydrogen-bond acceptors (Lipinski definition) is 4. The lowest BCUT2D eigenvalue weighted by Crippen LogP contribution is -2.42. The molecular formula is C22H27NO4. The van der Waals surface area contributed by atoms with Crippen molar-refractivity contribution in [1.82, 2.24) is 4.90 Å². The normalized spacial score (nSPS) is 16.9. The van der Waals surface area contributed by atoms with Crippen LogP contribution in [0.25, 0.3) is 0 Å². The van der Waals surface area contributed by atoms with Gasteiger partial charge in [0, 0.05) is 12.1 Å². The Kier molecular flexibility index (Phi) is 6.35. The van der Waals surface area contributed by atoms with Gasteiger partial charge in [-0.25, -0.2) is 0 Å². The van der Waals surface area contributed by atoms with Crippen molar-refractivity contribution in [3.8, 4) is 11.5 Å². The van der Waals surface area contributed by atoms with Crippen LogP contribution >= 0.6 is 0 Å². The van der Waals surface area contributed by atoms with E-state index in [1.807, 2.05) is 18.7 Å². The number of benzene rings is 2. The summed E-state index contributed by atoms with van der Waals surface area (Å²) < 4.78 is 17.1. The number of nitrogens with zero attached hydrogens (tertiary/aromatic N) is 1. The number of aryl methyl sites for hydroxylation is 1. The van der Waals surface area contributed by atoms with Gasteiger partial charge in [0.2, 0.25) is 0 Å². The maximum Gasteiger partial charge on any atom is 0.254 e. The largest absolute Gasteiger partial charge is 0.490 e. The van der Waals surface area contributed by atoms with E-state index in [2.05, 4.69) is 31.2 Å². The van der Waals surface area contributed by atoms with Gasteiger partial charge in [-0.1, -0.05) is 29.8 Å². The Balaban J connectivity index is 1.76. The fourth-order valence-electron chi connectivity index (χ4n) is 3.18. The highest BCUT2D eigenvalue weighted by atomic mass is 16.5. The van der Waals surface area contributed by atoms with Crippen molar-refractivity contribution < 1.29 is 19.0 Å². The van der Waals surface area contributed by atoms with E-state index in [0.29, 0.717) is 50.0 Å². The summed E-state index contributed by atoms with van der Waals surface area (Å²) in [5.74, 6) is 1.25. The molecule has 27 heavy (non-hydrogen) atoms. The molecule has 0 spiro atoms. The first-order valence-electron chi connectivity index (χ1n) is 9.49. The molecule has 0 radical (unpaired) electrons. The molecule has 1 unspecified atom stereocenters. The first-order chi connectivity index (χ1) is 13.1. The summed E-state index contributed by atoms with van der Waals surface area (Å²) >= 11 is 0. The molecule has 1 amide bonds. The van der Waals surface area contributed by atoms with Crippen molar-refractivity contribution in [3.63, 3.8) is 0 Å². The van der Waals surface area contributed by atoms with Crippen molar-refractivity contribution >= 4 is 5.91 Å². The predicted octanol–water partition coefficient (Wildman–Crippen LogP) is 4.01. The van der Waals surface area contributed by atoms with Gasteiger partial charge < -0.3 is 19.1 Å². The van der Waals surface area contributed by atoms with Gasteiger partial charge >= 0.3 is 0 Å². The molecule has 0 aromatic heterocycles. The Morgan fingerprint density at radius 3 is 2.48 bits per heavy atom. The highest BCUT2D eigenvalue weighted by Crippen LogP contribution is 2.30. The summed E-state index contributed by atoms with van der Waals surface area (Å²) in [4.78, 5) is 14.9. The molecule has 1 saturated heterocycles. The van der Waals surface area contributed by atoms with Crippen molar-refractivity contribution in [2.75, 3.05) is 32.9 Å². The smallest absolute Gasteiger partial charge is 0.254 e. The van der Waals surface area contributed by atoms with Crippen LogP contribution in [-0.2, 0) is 4.74 Å². The maximum absolute atomic E-state index is 13.0. The van der Waals surface area contributed by atoms with E-state index >= 15 is 0 Å². The zero-order valence-electron chi connectivity index (χ0n) is 16.2. The van der Waals surface area contributed by atoms with Crippen LogP contribution in [-0.4, -0.2) is 43.7 Å². The van der Waals surface area contributed by atoms with Gasteiger partial charge in [-0.15, -0.1) is 0 Å². The fourth-order valence-corrected chi connectivity index (χ4v) is 3.18. The molecule has 5 heteroatoms. The Morgan fingerprint density at radius 2 is 1.78 bits per heavy atom. The highest BCUT2D eigenvalue weighted by molar-refractivity contribution is 5.95. The van der Waals surface area contributed by atoms with E-state index in [0.717, 1.165) is 5.56 Å². The third-order valence-corrected chi connectivity index (χ3v) is 4.59. The first kappa shape index (κ1) is 19.2. The van der Waals surface area contributed by atoms with E-state index in [9.17, 15) is 4.79 Å². The summed E-state index contributed by atoms with van der Waals surface area (Å²) in [6.07, 6.45) is -0.0997. The van der Waals surface area contributed by atoms with Crippen molar-refractivity contribution in [2.24, 2.45) is 0 Å². The van der Waals surface area contributed by atoms with E-state index in [4.69, 9.17) is 14.2 Å². The van der Waals surface area contributed by atoms with Crippen LogP contribution in [0.3, 0.4) is 0 Å². The molecule has 0 bridgehead atoms. The lowest BCUT2D eigenvalue weighted by atomic mass is 10.1. The third kappa shape index (κ3) is 4.61. The van der Waals surface area contributed by atoms with Crippen molar-refractivity contribution in [1.29, 1.82) is 0 Å². The van der Waals surface area contributed by atoms with Crippen LogP contribution < -0.4 is 9.47 Å². The van der Waals surface area contributed by atoms with Gasteiger partial charge in [0.1, 0.15) is 6.10 Å². The van der Waals surface area contributed by atoms with Gasteiger partial charge in [-0.05, 0) is 44.5 Å². The Morgan fingerprint density at radius 1 is 1.07 bits per heavy atom. The molecule has 1 fully saturated rings. The Labute approximate surface area is 160 Å². The van der Waals surface area contributed by atoms with Crippen LogP contribution in [0.4, 0.5) is 0 Å². The van der Waals surface area contributed by atoms with E-state index < -0.39 is 0 Å². The third-order valence-electron chi connectivity index (χ3n) is 4.59. The van der Waals surface area contributed by atoms with Crippen LogP contribution in [0.5, 0.6) is 11.5 Å². The van der Waals surface area contributed by atoms with Crippen LogP contribution in [0, 0.1) is 6.92 Å². The Bertz CT molecular complexity index is 772. The van der Waals surface area contributed by atoms with Crippen LogP contribution in [0.15, 0.2) is 42.5 Å². The first-order valence-corrected chi connectivity index (χ1v) is 9.49. The minimum absolute atomic E-state index is 0.0144. The molecule has 0 N–H and O–H groups in total. The molecule has 0 aliphatic carbocycles. The summed E-state index contributed by atoms with van der Waals surface area (Å²) in [5.41, 5.74) is 2.91. The number of morpholine rings is 1. The molecular weight excluding hydrogens is 342 g/mol. The topological polar surface area (TPSA) is 48.0 Å². The zero-order chi connectivity index (χ0) is 19.2. The van der Waals surface area contributed by atoms with Gasteiger partial charge in [0.25, 0.3) is 5.91 Å². The molecule has 5 nitrogen and oxygen atoms in total. The van der Waals surface area contributed by atoms with E-state index in [-0.39, 0.29) is 12.0 Å². The minimum Gasteiger partial charge on any atom is -0.490 e. The minimum atomic E-state index is -0.0997. The number of ether oxygens (including phenoxy) is 3. The van der Waals surface area contributed by atoms with E-state index in [1.165, 1.54) is 5.56 Å². The average molecular weight is 369 g/mol. The molecule has 2 aromatic carbocycles. The fraction of sp³-hybridized carbons (Fsp3) is 0.409. The van der Waals surface area contributed by atoms with Crippen molar-refractivity contribution in [2.45, 2.75) is 26.9 Å². The Hall–Kier alpha value is -2.53. The summed E-state index contributed by atoms with van der Waals surface area (Å²) in [6.45, 7) is 8.62. The number of carbonyl (C=O) groups is 1. The number of amides is 1. The molecule has 1 heterocycles. The van der Waals surface area contributed by atoms with Crippen LogP contribution in [0.1, 0.15) is 41.4 Å². The molecule has 1 aliphatic heterocycles. The molecule has 2 aromatic rings. The second-order valence-corrected chi connectivity index (χ2v) is 6.55. The van der Waals surface area contributed by atoms with Crippen LogP contribution in [0.2, 0.25) is 0 Å². The lowest BCUT2D eigenvalue weighted by molar-refractivity contribution is -0.0228. The average Bonchev–Trinajstić information content (AvgIpc) is 2.70. The van der Waals surface area contributed by atoms with Gasteiger partial charge in [0.05, 0.1) is 26.4 Å². The quantitative estimate of drug-likeness (QED) is 0.772. The summed E-state index contributed by atoms with van der Waals surface area (Å²) in [5, 5.41) is 0. The SMILES string of the molecule is CCOc1ccc(C(=O)N2CCOC(c3ccc(C)cc3)C2)cc1OCC. The second kappa shape index (κ2) is 8.91. The zero-order valence-corrected chi connectivity index (χ0v) is 16.2. The predicted molar refractivity (Wildman–Crippen MR) is 105 cm³/mol. The maximum atomic E-state index is 13.0. The molecule has 3 rings (SSSR count). The number of carbonyl (C=O) groups excluding carboxylic acids is 1.